The first-order valence-corrected chi connectivity index (χ1v) is 7.51. The molecule has 1 amide bonds. The zero-order chi connectivity index (χ0) is 15.6. The Bertz CT molecular complexity index is 558. The third-order valence-corrected chi connectivity index (χ3v) is 4.52. The Hall–Kier alpha value is -1.55. The predicted molar refractivity (Wildman–Crippen MR) is 81.4 cm³/mol. The van der Waals surface area contributed by atoms with Crippen LogP contribution in [0.2, 0.25) is 5.02 Å². The van der Waals surface area contributed by atoms with Gasteiger partial charge in [0.1, 0.15) is 0 Å². The second-order valence-electron chi connectivity index (χ2n) is 5.90. The van der Waals surface area contributed by atoms with Gasteiger partial charge in [0.05, 0.1) is 12.3 Å². The molecule has 5 heteroatoms. The molecule has 1 saturated heterocycles. The molecule has 0 aromatic heterocycles. The summed E-state index contributed by atoms with van der Waals surface area (Å²) in [5.74, 6) is -1.14. The van der Waals surface area contributed by atoms with E-state index in [1.807, 2.05) is 32.0 Å². The number of piperidine rings is 1. The van der Waals surface area contributed by atoms with E-state index in [1.54, 1.807) is 4.90 Å². The number of amides is 1. The molecule has 4 nitrogen and oxygen atoms in total. The van der Waals surface area contributed by atoms with Gasteiger partial charge in [0.25, 0.3) is 0 Å². The molecule has 1 aromatic rings. The van der Waals surface area contributed by atoms with Crippen LogP contribution in [0.3, 0.4) is 0 Å². The van der Waals surface area contributed by atoms with Gasteiger partial charge < -0.3 is 10.0 Å². The molecular weight excluding hydrogens is 290 g/mol. The van der Waals surface area contributed by atoms with Crippen molar-refractivity contribution in [1.29, 1.82) is 0 Å². The van der Waals surface area contributed by atoms with Crippen molar-refractivity contribution in [2.75, 3.05) is 13.1 Å². The standard InChI is InChI=1S/C16H20ClNO3/c1-10-6-13(16(20)21)9-18(8-10)14(19)7-12-5-3-4-11(2)15(12)17/h3-5,10,13H,6-9H2,1-2H3,(H,20,21). The summed E-state index contributed by atoms with van der Waals surface area (Å²) in [4.78, 5) is 25.2. The molecule has 0 radical (unpaired) electrons. The van der Waals surface area contributed by atoms with E-state index in [0.717, 1.165) is 11.1 Å². The molecular formula is C16H20ClNO3. The molecule has 0 aliphatic carbocycles. The zero-order valence-electron chi connectivity index (χ0n) is 12.3. The number of likely N-dealkylation sites (tertiary alicyclic amines) is 1. The quantitative estimate of drug-likeness (QED) is 0.934. The summed E-state index contributed by atoms with van der Waals surface area (Å²) < 4.78 is 0. The van der Waals surface area contributed by atoms with E-state index in [4.69, 9.17) is 16.7 Å². The van der Waals surface area contributed by atoms with Crippen LogP contribution in [0.4, 0.5) is 0 Å². The third-order valence-electron chi connectivity index (χ3n) is 3.98. The minimum absolute atomic E-state index is 0.0553. The van der Waals surface area contributed by atoms with Gasteiger partial charge in [-0.25, -0.2) is 0 Å². The topological polar surface area (TPSA) is 57.6 Å². The molecule has 1 aliphatic heterocycles. The second-order valence-corrected chi connectivity index (χ2v) is 6.28. The monoisotopic (exact) mass is 309 g/mol. The number of benzene rings is 1. The average Bonchev–Trinajstić information content (AvgIpc) is 2.43. The normalized spacial score (nSPS) is 22.1. The van der Waals surface area contributed by atoms with E-state index in [-0.39, 0.29) is 18.2 Å². The molecule has 2 atom stereocenters. The number of nitrogens with zero attached hydrogens (tertiary/aromatic N) is 1. The number of halogens is 1. The maximum atomic E-state index is 12.4. The fraction of sp³-hybridized carbons (Fsp3) is 0.500. The highest BCUT2D eigenvalue weighted by atomic mass is 35.5. The minimum atomic E-state index is -0.826. The van der Waals surface area contributed by atoms with Crippen molar-refractivity contribution in [2.24, 2.45) is 11.8 Å². The maximum absolute atomic E-state index is 12.4. The van der Waals surface area contributed by atoms with Gasteiger partial charge >= 0.3 is 5.97 Å². The molecule has 21 heavy (non-hydrogen) atoms. The lowest BCUT2D eigenvalue weighted by Crippen LogP contribution is -2.46. The molecule has 1 heterocycles. The number of aryl methyl sites for hydroxylation is 1. The van der Waals surface area contributed by atoms with Crippen molar-refractivity contribution in [3.05, 3.63) is 34.3 Å². The Balaban J connectivity index is 2.09. The predicted octanol–water partition coefficient (Wildman–Crippen LogP) is 2.76. The van der Waals surface area contributed by atoms with Crippen LogP contribution in [0.5, 0.6) is 0 Å². The Labute approximate surface area is 129 Å². The molecule has 1 aromatic carbocycles. The van der Waals surface area contributed by atoms with Gasteiger partial charge in [0.15, 0.2) is 0 Å². The number of carbonyl (C=O) groups excluding carboxylic acids is 1. The van der Waals surface area contributed by atoms with Crippen LogP contribution >= 0.6 is 11.6 Å². The van der Waals surface area contributed by atoms with E-state index in [9.17, 15) is 9.59 Å². The molecule has 1 fully saturated rings. The number of carbonyl (C=O) groups is 2. The summed E-state index contributed by atoms with van der Waals surface area (Å²) in [6.45, 7) is 4.79. The van der Waals surface area contributed by atoms with Crippen LogP contribution in [0.15, 0.2) is 18.2 Å². The lowest BCUT2D eigenvalue weighted by molar-refractivity contribution is -0.146. The number of hydrogen-bond donors (Lipinski definition) is 1. The van der Waals surface area contributed by atoms with Gasteiger partial charge in [0, 0.05) is 18.1 Å². The van der Waals surface area contributed by atoms with Crippen molar-refractivity contribution < 1.29 is 14.7 Å². The molecule has 1 N–H and O–H groups in total. The van der Waals surface area contributed by atoms with E-state index in [1.165, 1.54) is 0 Å². The number of rotatable bonds is 3. The van der Waals surface area contributed by atoms with Crippen LogP contribution < -0.4 is 0 Å². The highest BCUT2D eigenvalue weighted by Crippen LogP contribution is 2.25. The zero-order valence-corrected chi connectivity index (χ0v) is 13.1. The van der Waals surface area contributed by atoms with E-state index < -0.39 is 11.9 Å². The second kappa shape index (κ2) is 6.48. The Morgan fingerprint density at radius 1 is 1.38 bits per heavy atom. The largest absolute Gasteiger partial charge is 0.481 e. The van der Waals surface area contributed by atoms with Crippen LogP contribution in [0, 0.1) is 18.8 Å². The number of carboxylic acids is 1. The fourth-order valence-corrected chi connectivity index (χ4v) is 3.05. The molecule has 2 rings (SSSR count). The number of carboxylic acid groups (broad SMARTS) is 1. The van der Waals surface area contributed by atoms with Crippen LogP contribution in [0.1, 0.15) is 24.5 Å². The first-order valence-electron chi connectivity index (χ1n) is 7.13. The van der Waals surface area contributed by atoms with Crippen molar-refractivity contribution >= 4 is 23.5 Å². The minimum Gasteiger partial charge on any atom is -0.481 e. The Morgan fingerprint density at radius 2 is 2.10 bits per heavy atom. The maximum Gasteiger partial charge on any atom is 0.308 e. The summed E-state index contributed by atoms with van der Waals surface area (Å²) in [5.41, 5.74) is 1.74. The van der Waals surface area contributed by atoms with Gasteiger partial charge in [-0.2, -0.15) is 0 Å². The van der Waals surface area contributed by atoms with Crippen LogP contribution in [-0.2, 0) is 16.0 Å². The fourth-order valence-electron chi connectivity index (χ4n) is 2.85. The molecule has 1 aliphatic rings. The van der Waals surface area contributed by atoms with Crippen molar-refractivity contribution in [2.45, 2.75) is 26.7 Å². The lowest BCUT2D eigenvalue weighted by Gasteiger charge is -2.34. The molecule has 0 spiro atoms. The summed E-state index contributed by atoms with van der Waals surface area (Å²) in [7, 11) is 0. The molecule has 0 saturated carbocycles. The van der Waals surface area contributed by atoms with E-state index >= 15 is 0 Å². The summed E-state index contributed by atoms with van der Waals surface area (Å²) in [6, 6.07) is 5.62. The van der Waals surface area contributed by atoms with E-state index in [0.29, 0.717) is 24.5 Å². The Morgan fingerprint density at radius 3 is 2.76 bits per heavy atom. The Kier molecular flexibility index (Phi) is 4.88. The van der Waals surface area contributed by atoms with E-state index in [2.05, 4.69) is 0 Å². The first kappa shape index (κ1) is 15.8. The first-order chi connectivity index (χ1) is 9.88. The van der Waals surface area contributed by atoms with Crippen molar-refractivity contribution in [3.63, 3.8) is 0 Å². The van der Waals surface area contributed by atoms with Gasteiger partial charge in [-0.3, -0.25) is 9.59 Å². The van der Waals surface area contributed by atoms with Gasteiger partial charge in [-0.05, 0) is 30.4 Å². The molecule has 114 valence electrons. The van der Waals surface area contributed by atoms with Crippen LogP contribution in [0.25, 0.3) is 0 Å². The number of hydrogen-bond acceptors (Lipinski definition) is 2. The highest BCUT2D eigenvalue weighted by Gasteiger charge is 2.31. The smallest absolute Gasteiger partial charge is 0.308 e. The highest BCUT2D eigenvalue weighted by molar-refractivity contribution is 6.32. The molecule has 0 bridgehead atoms. The SMILES string of the molecule is Cc1cccc(CC(=O)N2CC(C)CC(C(=O)O)C2)c1Cl. The van der Waals surface area contributed by atoms with Gasteiger partial charge in [0.2, 0.25) is 5.91 Å². The van der Waals surface area contributed by atoms with Crippen LogP contribution in [-0.4, -0.2) is 35.0 Å². The third kappa shape index (κ3) is 3.76. The summed E-state index contributed by atoms with van der Waals surface area (Å²) in [5, 5.41) is 9.78. The lowest BCUT2D eigenvalue weighted by atomic mass is 9.90. The van der Waals surface area contributed by atoms with Crippen molar-refractivity contribution in [1.82, 2.24) is 4.90 Å². The van der Waals surface area contributed by atoms with Gasteiger partial charge in [-0.1, -0.05) is 36.7 Å². The van der Waals surface area contributed by atoms with Gasteiger partial charge in [-0.15, -0.1) is 0 Å². The average molecular weight is 310 g/mol. The summed E-state index contributed by atoms with van der Waals surface area (Å²) in [6.07, 6.45) is 0.851. The molecule has 2 unspecified atom stereocenters. The van der Waals surface area contributed by atoms with Crippen molar-refractivity contribution in [3.8, 4) is 0 Å². The summed E-state index contributed by atoms with van der Waals surface area (Å²) >= 11 is 6.22. The number of aliphatic carboxylic acids is 1.